The van der Waals surface area contributed by atoms with Gasteiger partial charge in [0, 0.05) is 24.7 Å². The molecule has 0 amide bonds. The molecule has 0 radical (unpaired) electrons. The van der Waals surface area contributed by atoms with Crippen LogP contribution in [0.5, 0.6) is 5.75 Å². The highest BCUT2D eigenvalue weighted by molar-refractivity contribution is 5.62. The third kappa shape index (κ3) is 3.01. The van der Waals surface area contributed by atoms with Gasteiger partial charge in [-0.25, -0.2) is 8.78 Å². The van der Waals surface area contributed by atoms with Crippen LogP contribution < -0.4 is 10.3 Å². The minimum atomic E-state index is -0.793. The van der Waals surface area contributed by atoms with Gasteiger partial charge in [0.1, 0.15) is 24.0 Å². The third-order valence-electron chi connectivity index (χ3n) is 3.25. The van der Waals surface area contributed by atoms with Crippen molar-refractivity contribution in [2.24, 2.45) is 7.05 Å². The molecule has 2 rings (SSSR count). The van der Waals surface area contributed by atoms with E-state index >= 15 is 0 Å². The summed E-state index contributed by atoms with van der Waals surface area (Å²) in [5, 5.41) is 0. The van der Waals surface area contributed by atoms with Gasteiger partial charge in [-0.05, 0) is 19.9 Å². The van der Waals surface area contributed by atoms with E-state index < -0.39 is 11.6 Å². The largest absolute Gasteiger partial charge is 0.481 e. The van der Waals surface area contributed by atoms with Crippen LogP contribution in [0.4, 0.5) is 8.78 Å². The van der Waals surface area contributed by atoms with Crippen LogP contribution in [0.1, 0.15) is 12.5 Å². The predicted molar refractivity (Wildman–Crippen MR) is 80.7 cm³/mol. The van der Waals surface area contributed by atoms with Crippen molar-refractivity contribution >= 4 is 0 Å². The van der Waals surface area contributed by atoms with E-state index in [0.29, 0.717) is 5.56 Å². The predicted octanol–water partition coefficient (Wildman–Crippen LogP) is 3.04. The standard InChI is InChI=1S/C17H15F2NO2/c1-4-5-8-22-12-9-13(18)16(14(19)10-12)15-7-6-11(2)17(21)20(15)3/h6-7,9-10H,8H2,1-3H3. The fourth-order valence-electron chi connectivity index (χ4n) is 2.08. The molecule has 0 spiro atoms. The lowest BCUT2D eigenvalue weighted by Crippen LogP contribution is -2.20. The molecule has 0 aliphatic rings. The van der Waals surface area contributed by atoms with Crippen LogP contribution >= 0.6 is 0 Å². The average Bonchev–Trinajstić information content (AvgIpc) is 2.47. The van der Waals surface area contributed by atoms with Gasteiger partial charge < -0.3 is 9.30 Å². The van der Waals surface area contributed by atoms with Crippen LogP contribution in [0.15, 0.2) is 29.1 Å². The second-order valence-electron chi connectivity index (χ2n) is 4.74. The van der Waals surface area contributed by atoms with E-state index in [0.717, 1.165) is 12.1 Å². The Morgan fingerprint density at radius 3 is 2.45 bits per heavy atom. The van der Waals surface area contributed by atoms with Crippen molar-refractivity contribution in [2.45, 2.75) is 13.8 Å². The molecule has 1 aromatic heterocycles. The van der Waals surface area contributed by atoms with Gasteiger partial charge in [0.25, 0.3) is 5.56 Å². The van der Waals surface area contributed by atoms with E-state index in [1.165, 1.54) is 23.7 Å². The number of ether oxygens (including phenoxy) is 1. The maximum atomic E-state index is 14.2. The molecule has 0 aliphatic carbocycles. The Kier molecular flexibility index (Phi) is 4.62. The fraction of sp³-hybridized carbons (Fsp3) is 0.235. The summed E-state index contributed by atoms with van der Waals surface area (Å²) in [6.45, 7) is 3.34. The molecule has 22 heavy (non-hydrogen) atoms. The molecule has 0 aliphatic heterocycles. The first-order chi connectivity index (χ1) is 10.5. The number of hydrogen-bond acceptors (Lipinski definition) is 2. The molecule has 0 N–H and O–H groups in total. The van der Waals surface area contributed by atoms with Crippen molar-refractivity contribution in [1.82, 2.24) is 4.57 Å². The van der Waals surface area contributed by atoms with Crippen LogP contribution in [0.3, 0.4) is 0 Å². The van der Waals surface area contributed by atoms with E-state index in [4.69, 9.17) is 4.74 Å². The van der Waals surface area contributed by atoms with Gasteiger partial charge in [0.05, 0.1) is 11.3 Å². The zero-order valence-corrected chi connectivity index (χ0v) is 12.5. The minimum Gasteiger partial charge on any atom is -0.481 e. The number of halogens is 2. The number of aryl methyl sites for hydroxylation is 1. The lowest BCUT2D eigenvalue weighted by Gasteiger charge is -2.12. The molecule has 1 aromatic carbocycles. The van der Waals surface area contributed by atoms with E-state index in [1.807, 2.05) is 0 Å². The lowest BCUT2D eigenvalue weighted by atomic mass is 10.1. The summed E-state index contributed by atoms with van der Waals surface area (Å²) in [5.41, 5.74) is 0.124. The Balaban J connectivity index is 2.51. The molecule has 0 fully saturated rings. The maximum Gasteiger partial charge on any atom is 0.253 e. The van der Waals surface area contributed by atoms with Crippen molar-refractivity contribution in [3.63, 3.8) is 0 Å². The number of nitrogens with zero attached hydrogens (tertiary/aromatic N) is 1. The highest BCUT2D eigenvalue weighted by Gasteiger charge is 2.17. The first-order valence-corrected chi connectivity index (χ1v) is 6.64. The molecule has 0 unspecified atom stereocenters. The summed E-state index contributed by atoms with van der Waals surface area (Å²) in [7, 11) is 1.48. The number of hydrogen-bond donors (Lipinski definition) is 0. The highest BCUT2D eigenvalue weighted by atomic mass is 19.1. The molecule has 2 aromatic rings. The molecule has 0 saturated carbocycles. The van der Waals surface area contributed by atoms with Gasteiger partial charge in [0.15, 0.2) is 0 Å². The summed E-state index contributed by atoms with van der Waals surface area (Å²) >= 11 is 0. The van der Waals surface area contributed by atoms with Gasteiger partial charge in [-0.15, -0.1) is 5.92 Å². The van der Waals surface area contributed by atoms with Gasteiger partial charge in [-0.1, -0.05) is 12.0 Å². The summed E-state index contributed by atoms with van der Waals surface area (Å²) in [4.78, 5) is 11.9. The quantitative estimate of drug-likeness (QED) is 0.816. The Morgan fingerprint density at radius 2 is 1.86 bits per heavy atom. The van der Waals surface area contributed by atoms with Crippen molar-refractivity contribution in [1.29, 1.82) is 0 Å². The second kappa shape index (κ2) is 6.44. The van der Waals surface area contributed by atoms with Crippen molar-refractivity contribution in [3.8, 4) is 28.8 Å². The molecular weight excluding hydrogens is 288 g/mol. The van der Waals surface area contributed by atoms with E-state index in [2.05, 4.69) is 11.8 Å². The summed E-state index contributed by atoms with van der Waals surface area (Å²) in [5.74, 6) is 3.73. The Labute approximate surface area is 127 Å². The second-order valence-corrected chi connectivity index (χ2v) is 4.74. The van der Waals surface area contributed by atoms with Gasteiger partial charge in [-0.2, -0.15) is 0 Å². The zero-order valence-electron chi connectivity index (χ0n) is 12.5. The van der Waals surface area contributed by atoms with E-state index in [1.54, 1.807) is 13.8 Å². The van der Waals surface area contributed by atoms with Crippen LogP contribution in [-0.4, -0.2) is 11.2 Å². The van der Waals surface area contributed by atoms with Crippen LogP contribution in [0.25, 0.3) is 11.3 Å². The molecule has 0 bridgehead atoms. The molecular formula is C17H15F2NO2. The normalized spacial score (nSPS) is 10.0. The van der Waals surface area contributed by atoms with Crippen LogP contribution in [0, 0.1) is 30.4 Å². The molecule has 1 heterocycles. The smallest absolute Gasteiger partial charge is 0.253 e. The molecule has 5 heteroatoms. The average molecular weight is 303 g/mol. The first-order valence-electron chi connectivity index (χ1n) is 6.64. The van der Waals surface area contributed by atoms with Crippen LogP contribution in [0.2, 0.25) is 0 Å². The van der Waals surface area contributed by atoms with Gasteiger partial charge in [-0.3, -0.25) is 4.79 Å². The third-order valence-corrected chi connectivity index (χ3v) is 3.25. The monoisotopic (exact) mass is 303 g/mol. The summed E-state index contributed by atoms with van der Waals surface area (Å²) in [6, 6.07) is 5.22. The number of pyridine rings is 1. The zero-order chi connectivity index (χ0) is 16.3. The minimum absolute atomic E-state index is 0.0533. The van der Waals surface area contributed by atoms with Gasteiger partial charge in [0.2, 0.25) is 0 Å². The number of rotatable bonds is 3. The number of aromatic nitrogens is 1. The van der Waals surface area contributed by atoms with Crippen molar-refractivity contribution < 1.29 is 13.5 Å². The van der Waals surface area contributed by atoms with E-state index in [-0.39, 0.29) is 29.2 Å². The first kappa shape index (κ1) is 15.8. The Hall–Kier alpha value is -2.61. The SMILES string of the molecule is CC#CCOc1cc(F)c(-c2ccc(C)c(=O)n2C)c(F)c1. The topological polar surface area (TPSA) is 31.2 Å². The van der Waals surface area contributed by atoms with Crippen molar-refractivity contribution in [2.75, 3.05) is 6.61 Å². The number of benzene rings is 1. The molecule has 114 valence electrons. The van der Waals surface area contributed by atoms with Crippen molar-refractivity contribution in [3.05, 3.63) is 51.8 Å². The molecule has 3 nitrogen and oxygen atoms in total. The maximum absolute atomic E-state index is 14.2. The van der Waals surface area contributed by atoms with Gasteiger partial charge >= 0.3 is 0 Å². The molecule has 0 saturated heterocycles. The highest BCUT2D eigenvalue weighted by Crippen LogP contribution is 2.29. The fourth-order valence-corrected chi connectivity index (χ4v) is 2.08. The summed E-state index contributed by atoms with van der Waals surface area (Å²) < 4.78 is 34.9. The van der Waals surface area contributed by atoms with Crippen LogP contribution in [-0.2, 0) is 7.05 Å². The Morgan fingerprint density at radius 1 is 1.23 bits per heavy atom. The lowest BCUT2D eigenvalue weighted by molar-refractivity contribution is 0.365. The Bertz CT molecular complexity index is 806. The molecule has 0 atom stereocenters. The summed E-state index contributed by atoms with van der Waals surface area (Å²) in [6.07, 6.45) is 0. The van der Waals surface area contributed by atoms with E-state index in [9.17, 15) is 13.6 Å².